The molecule has 0 fully saturated rings. The Morgan fingerprint density at radius 2 is 2.28 bits per heavy atom. The quantitative estimate of drug-likeness (QED) is 0.794. The highest BCUT2D eigenvalue weighted by atomic mass is 19.1. The molecule has 0 aliphatic rings. The second kappa shape index (κ2) is 6.09. The second-order valence-corrected chi connectivity index (χ2v) is 3.89. The fourth-order valence-corrected chi connectivity index (χ4v) is 1.66. The van der Waals surface area contributed by atoms with Gasteiger partial charge in [0.2, 0.25) is 0 Å². The third-order valence-electron chi connectivity index (χ3n) is 2.61. The molecule has 0 radical (unpaired) electrons. The van der Waals surface area contributed by atoms with Gasteiger partial charge in [-0.1, -0.05) is 6.92 Å². The van der Waals surface area contributed by atoms with Gasteiger partial charge in [-0.15, -0.1) is 0 Å². The number of hydrogen-bond acceptors (Lipinski definition) is 4. The SMILES string of the molecule is CCc1ncnc(NCCCn2cccn2)c1F. The summed E-state index contributed by atoms with van der Waals surface area (Å²) in [5.41, 5.74) is 0.444. The molecule has 96 valence electrons. The minimum absolute atomic E-state index is 0.280. The van der Waals surface area contributed by atoms with Crippen molar-refractivity contribution in [2.45, 2.75) is 26.3 Å². The van der Waals surface area contributed by atoms with Gasteiger partial charge in [-0.05, 0) is 18.9 Å². The Bertz CT molecular complexity index is 483. The van der Waals surface area contributed by atoms with E-state index in [9.17, 15) is 4.39 Å². The Kier molecular flexibility index (Phi) is 4.22. The highest BCUT2D eigenvalue weighted by molar-refractivity contribution is 5.36. The molecular formula is C12H16FN5. The normalized spacial score (nSPS) is 10.6. The number of nitrogens with zero attached hydrogens (tertiary/aromatic N) is 4. The van der Waals surface area contributed by atoms with Gasteiger partial charge >= 0.3 is 0 Å². The van der Waals surface area contributed by atoms with E-state index in [1.165, 1.54) is 6.33 Å². The molecule has 5 nitrogen and oxygen atoms in total. The Morgan fingerprint density at radius 3 is 3.00 bits per heavy atom. The second-order valence-electron chi connectivity index (χ2n) is 3.89. The van der Waals surface area contributed by atoms with Crippen molar-refractivity contribution in [2.75, 3.05) is 11.9 Å². The molecule has 0 unspecified atom stereocenters. The van der Waals surface area contributed by atoms with E-state index in [0.29, 0.717) is 18.7 Å². The first-order valence-corrected chi connectivity index (χ1v) is 6.02. The van der Waals surface area contributed by atoms with Crippen LogP contribution >= 0.6 is 0 Å². The summed E-state index contributed by atoms with van der Waals surface area (Å²) in [7, 11) is 0. The summed E-state index contributed by atoms with van der Waals surface area (Å²) in [6.07, 6.45) is 6.45. The standard InChI is InChI=1S/C12H16FN5/c1-2-10-11(13)12(16-9-15-10)14-5-3-7-18-8-4-6-17-18/h4,6,8-9H,2-3,5,7H2,1H3,(H,14,15,16). The maximum atomic E-state index is 13.8. The molecule has 0 atom stereocenters. The minimum atomic E-state index is -0.348. The minimum Gasteiger partial charge on any atom is -0.367 e. The summed E-state index contributed by atoms with van der Waals surface area (Å²) in [6.45, 7) is 3.32. The van der Waals surface area contributed by atoms with Gasteiger partial charge in [0.25, 0.3) is 0 Å². The first-order valence-electron chi connectivity index (χ1n) is 6.02. The lowest BCUT2D eigenvalue weighted by molar-refractivity contribution is 0.581. The molecule has 2 aromatic rings. The largest absolute Gasteiger partial charge is 0.367 e. The number of nitrogens with one attached hydrogen (secondary N) is 1. The van der Waals surface area contributed by atoms with Gasteiger partial charge in [-0.2, -0.15) is 5.10 Å². The van der Waals surface area contributed by atoms with Crippen molar-refractivity contribution >= 4 is 5.82 Å². The van der Waals surface area contributed by atoms with Crippen molar-refractivity contribution in [2.24, 2.45) is 0 Å². The first kappa shape index (κ1) is 12.5. The summed E-state index contributed by atoms with van der Waals surface area (Å²) in [5.74, 6) is -0.0681. The van der Waals surface area contributed by atoms with E-state index in [1.54, 1.807) is 6.20 Å². The molecule has 0 aliphatic heterocycles. The summed E-state index contributed by atoms with van der Waals surface area (Å²) < 4.78 is 15.6. The molecule has 0 amide bonds. The Labute approximate surface area is 105 Å². The first-order chi connectivity index (χ1) is 8.81. The van der Waals surface area contributed by atoms with E-state index < -0.39 is 0 Å². The Balaban J connectivity index is 1.83. The predicted molar refractivity (Wildman–Crippen MR) is 66.7 cm³/mol. The molecule has 2 heterocycles. The molecule has 6 heteroatoms. The molecule has 0 saturated carbocycles. The maximum Gasteiger partial charge on any atom is 0.186 e. The van der Waals surface area contributed by atoms with Crippen LogP contribution in [-0.2, 0) is 13.0 Å². The van der Waals surface area contributed by atoms with Crippen molar-refractivity contribution in [3.63, 3.8) is 0 Å². The molecule has 2 rings (SSSR count). The van der Waals surface area contributed by atoms with Crippen LogP contribution in [0, 0.1) is 5.82 Å². The molecule has 0 bridgehead atoms. The lowest BCUT2D eigenvalue weighted by Gasteiger charge is -2.08. The molecular weight excluding hydrogens is 233 g/mol. The fraction of sp³-hybridized carbons (Fsp3) is 0.417. The van der Waals surface area contributed by atoms with Crippen LogP contribution < -0.4 is 5.32 Å². The van der Waals surface area contributed by atoms with Gasteiger partial charge in [-0.3, -0.25) is 4.68 Å². The molecule has 0 aliphatic carbocycles. The number of rotatable bonds is 6. The van der Waals surface area contributed by atoms with Crippen molar-refractivity contribution in [3.8, 4) is 0 Å². The van der Waals surface area contributed by atoms with E-state index >= 15 is 0 Å². The van der Waals surface area contributed by atoms with Gasteiger partial charge in [-0.25, -0.2) is 14.4 Å². The molecule has 0 spiro atoms. The number of anilines is 1. The average Bonchev–Trinajstić information content (AvgIpc) is 2.89. The van der Waals surface area contributed by atoms with Crippen molar-refractivity contribution in [3.05, 3.63) is 36.3 Å². The molecule has 18 heavy (non-hydrogen) atoms. The zero-order chi connectivity index (χ0) is 12.8. The summed E-state index contributed by atoms with van der Waals surface area (Å²) in [5, 5.41) is 7.08. The van der Waals surface area contributed by atoms with E-state index in [4.69, 9.17) is 0 Å². The van der Waals surface area contributed by atoms with E-state index in [-0.39, 0.29) is 11.6 Å². The summed E-state index contributed by atoms with van der Waals surface area (Å²) >= 11 is 0. The maximum absolute atomic E-state index is 13.8. The Hall–Kier alpha value is -1.98. The molecule has 0 saturated heterocycles. The van der Waals surface area contributed by atoms with Crippen LogP contribution in [0.2, 0.25) is 0 Å². The third kappa shape index (κ3) is 3.03. The van der Waals surface area contributed by atoms with Crippen LogP contribution in [0.4, 0.5) is 10.2 Å². The monoisotopic (exact) mass is 249 g/mol. The third-order valence-corrected chi connectivity index (χ3v) is 2.61. The highest BCUT2D eigenvalue weighted by Crippen LogP contribution is 2.12. The van der Waals surface area contributed by atoms with Crippen LogP contribution in [0.25, 0.3) is 0 Å². The number of hydrogen-bond donors (Lipinski definition) is 1. The lowest BCUT2D eigenvalue weighted by atomic mass is 10.3. The Morgan fingerprint density at radius 1 is 1.39 bits per heavy atom. The average molecular weight is 249 g/mol. The van der Waals surface area contributed by atoms with Gasteiger partial charge < -0.3 is 5.32 Å². The zero-order valence-electron chi connectivity index (χ0n) is 10.3. The van der Waals surface area contributed by atoms with Gasteiger partial charge in [0.05, 0.1) is 5.69 Å². The summed E-state index contributed by atoms with van der Waals surface area (Å²) in [6, 6.07) is 1.88. The van der Waals surface area contributed by atoms with Crippen molar-refractivity contribution in [1.29, 1.82) is 0 Å². The van der Waals surface area contributed by atoms with Crippen LogP contribution in [0.1, 0.15) is 19.0 Å². The van der Waals surface area contributed by atoms with Gasteiger partial charge in [0.1, 0.15) is 6.33 Å². The van der Waals surface area contributed by atoms with Gasteiger partial charge in [0.15, 0.2) is 11.6 Å². The number of halogens is 1. The van der Waals surface area contributed by atoms with Crippen molar-refractivity contribution < 1.29 is 4.39 Å². The highest BCUT2D eigenvalue weighted by Gasteiger charge is 2.08. The predicted octanol–water partition coefficient (Wildman–Crippen LogP) is 1.88. The van der Waals surface area contributed by atoms with Crippen molar-refractivity contribution in [1.82, 2.24) is 19.7 Å². The fourth-order valence-electron chi connectivity index (χ4n) is 1.66. The molecule has 2 aromatic heterocycles. The topological polar surface area (TPSA) is 55.6 Å². The van der Waals surface area contributed by atoms with E-state index in [2.05, 4.69) is 20.4 Å². The smallest absolute Gasteiger partial charge is 0.186 e. The number of aromatic nitrogens is 4. The van der Waals surface area contributed by atoms with Gasteiger partial charge in [0, 0.05) is 25.5 Å². The van der Waals surface area contributed by atoms with E-state index in [1.807, 2.05) is 23.9 Å². The van der Waals surface area contributed by atoms with Crippen LogP contribution in [0.3, 0.4) is 0 Å². The van der Waals surface area contributed by atoms with E-state index in [0.717, 1.165) is 13.0 Å². The molecule has 0 aromatic carbocycles. The lowest BCUT2D eigenvalue weighted by Crippen LogP contribution is -2.10. The number of aryl methyl sites for hydroxylation is 2. The zero-order valence-corrected chi connectivity index (χ0v) is 10.3. The van der Waals surface area contributed by atoms with Crippen LogP contribution in [0.15, 0.2) is 24.8 Å². The van der Waals surface area contributed by atoms with Crippen LogP contribution in [-0.4, -0.2) is 26.3 Å². The molecule has 1 N–H and O–H groups in total. The van der Waals surface area contributed by atoms with Crippen LogP contribution in [0.5, 0.6) is 0 Å². The summed E-state index contributed by atoms with van der Waals surface area (Å²) in [4.78, 5) is 7.79.